The molecule has 0 fully saturated rings. The van der Waals surface area contributed by atoms with Crippen LogP contribution in [0.15, 0.2) is 61.2 Å². The van der Waals surface area contributed by atoms with Crippen LogP contribution in [-0.4, -0.2) is 26.7 Å². The normalized spacial score (nSPS) is 11.9. The Kier molecular flexibility index (Phi) is 4.70. The summed E-state index contributed by atoms with van der Waals surface area (Å²) in [6.07, 6.45) is 3.13. The molecular weight excluding hydrogens is 300 g/mol. The number of aromatic nitrogens is 3. The molecule has 0 aliphatic rings. The van der Waals surface area contributed by atoms with Gasteiger partial charge in [0.05, 0.1) is 6.54 Å². The van der Waals surface area contributed by atoms with Crippen molar-refractivity contribution in [2.75, 3.05) is 0 Å². The van der Waals surface area contributed by atoms with E-state index < -0.39 is 0 Å². The van der Waals surface area contributed by atoms with Crippen LogP contribution in [0.3, 0.4) is 0 Å². The predicted octanol–water partition coefficient (Wildman–Crippen LogP) is 3.07. The lowest BCUT2D eigenvalue weighted by atomic mass is 9.98. The number of rotatable bonds is 5. The smallest absolute Gasteiger partial charge is 0.252 e. The lowest BCUT2D eigenvalue weighted by Crippen LogP contribution is -2.36. The van der Waals surface area contributed by atoms with Crippen LogP contribution in [0.2, 0.25) is 0 Å². The van der Waals surface area contributed by atoms with E-state index in [-0.39, 0.29) is 11.9 Å². The fourth-order valence-corrected chi connectivity index (χ4v) is 2.70. The first-order chi connectivity index (χ1) is 11.6. The molecule has 0 bridgehead atoms. The van der Waals surface area contributed by atoms with Crippen molar-refractivity contribution in [1.29, 1.82) is 0 Å². The monoisotopic (exact) mass is 320 g/mol. The van der Waals surface area contributed by atoms with Gasteiger partial charge in [-0.2, -0.15) is 5.10 Å². The summed E-state index contributed by atoms with van der Waals surface area (Å²) in [5.41, 5.74) is 3.83. The molecule has 2 aromatic carbocycles. The highest BCUT2D eigenvalue weighted by atomic mass is 16.1. The first kappa shape index (κ1) is 15.9. The summed E-state index contributed by atoms with van der Waals surface area (Å²) >= 11 is 0. The van der Waals surface area contributed by atoms with E-state index in [4.69, 9.17) is 0 Å². The van der Waals surface area contributed by atoms with Crippen LogP contribution < -0.4 is 5.32 Å². The van der Waals surface area contributed by atoms with E-state index in [1.807, 2.05) is 56.3 Å². The molecule has 3 aromatic rings. The standard InChI is InChI=1S/C19H20N4O/c1-14-6-5-7-16(10-14)17-8-3-4-9-18(17)19(24)22-15(2)11-23-13-20-12-21-23/h3-10,12-13,15H,11H2,1-2H3,(H,22,24). The third-order valence-electron chi connectivity index (χ3n) is 3.81. The van der Waals surface area contributed by atoms with E-state index in [9.17, 15) is 4.79 Å². The summed E-state index contributed by atoms with van der Waals surface area (Å²) in [6.45, 7) is 4.58. The van der Waals surface area contributed by atoms with Gasteiger partial charge in [-0.05, 0) is 31.0 Å². The first-order valence-corrected chi connectivity index (χ1v) is 7.93. The highest BCUT2D eigenvalue weighted by molar-refractivity contribution is 6.01. The largest absolute Gasteiger partial charge is 0.348 e. The highest BCUT2D eigenvalue weighted by Crippen LogP contribution is 2.24. The van der Waals surface area contributed by atoms with Gasteiger partial charge >= 0.3 is 0 Å². The Morgan fingerprint density at radius 1 is 1.21 bits per heavy atom. The van der Waals surface area contributed by atoms with Crippen molar-refractivity contribution in [3.05, 3.63) is 72.3 Å². The van der Waals surface area contributed by atoms with Crippen molar-refractivity contribution in [1.82, 2.24) is 20.1 Å². The summed E-state index contributed by atoms with van der Waals surface area (Å²) in [6, 6.07) is 15.8. The van der Waals surface area contributed by atoms with Crippen molar-refractivity contribution >= 4 is 5.91 Å². The molecule has 0 aliphatic heterocycles. The van der Waals surface area contributed by atoms with Crippen molar-refractivity contribution in [3.63, 3.8) is 0 Å². The molecule has 1 aromatic heterocycles. The fourth-order valence-electron chi connectivity index (χ4n) is 2.70. The summed E-state index contributed by atoms with van der Waals surface area (Å²) in [5.74, 6) is -0.0836. The highest BCUT2D eigenvalue weighted by Gasteiger charge is 2.15. The fraction of sp³-hybridized carbons (Fsp3) is 0.211. The molecule has 5 nitrogen and oxygen atoms in total. The molecular formula is C19H20N4O. The van der Waals surface area contributed by atoms with Crippen molar-refractivity contribution in [3.8, 4) is 11.1 Å². The van der Waals surface area contributed by atoms with Crippen LogP contribution in [0, 0.1) is 6.92 Å². The maximum atomic E-state index is 12.7. The van der Waals surface area contributed by atoms with Gasteiger partial charge in [-0.1, -0.05) is 48.0 Å². The van der Waals surface area contributed by atoms with Crippen molar-refractivity contribution < 1.29 is 4.79 Å². The quantitative estimate of drug-likeness (QED) is 0.786. The summed E-state index contributed by atoms with van der Waals surface area (Å²) in [4.78, 5) is 16.6. The summed E-state index contributed by atoms with van der Waals surface area (Å²) in [7, 11) is 0. The van der Waals surface area contributed by atoms with Gasteiger partial charge in [0.15, 0.2) is 0 Å². The molecule has 1 atom stereocenters. The lowest BCUT2D eigenvalue weighted by molar-refractivity contribution is 0.0936. The number of benzene rings is 2. The minimum atomic E-state index is -0.0836. The Labute approximate surface area is 141 Å². The number of aryl methyl sites for hydroxylation is 1. The molecule has 1 heterocycles. The second kappa shape index (κ2) is 7.08. The second-order valence-electron chi connectivity index (χ2n) is 5.91. The number of hydrogen-bond donors (Lipinski definition) is 1. The molecule has 1 unspecified atom stereocenters. The molecule has 0 spiro atoms. The minimum Gasteiger partial charge on any atom is -0.348 e. The molecule has 122 valence electrons. The number of amides is 1. The lowest BCUT2D eigenvalue weighted by Gasteiger charge is -2.16. The second-order valence-corrected chi connectivity index (χ2v) is 5.91. The van der Waals surface area contributed by atoms with Gasteiger partial charge in [0.1, 0.15) is 12.7 Å². The maximum absolute atomic E-state index is 12.7. The van der Waals surface area contributed by atoms with E-state index in [0.29, 0.717) is 12.1 Å². The molecule has 0 saturated carbocycles. The SMILES string of the molecule is Cc1cccc(-c2ccccc2C(=O)NC(C)Cn2cncn2)c1. The van der Waals surface area contributed by atoms with Crippen molar-refractivity contribution in [2.45, 2.75) is 26.4 Å². The average Bonchev–Trinajstić information content (AvgIpc) is 3.07. The van der Waals surface area contributed by atoms with E-state index in [1.54, 1.807) is 11.0 Å². The van der Waals surface area contributed by atoms with E-state index in [2.05, 4.69) is 21.5 Å². The Bertz CT molecular complexity index is 827. The third-order valence-corrected chi connectivity index (χ3v) is 3.81. The van der Waals surface area contributed by atoms with Gasteiger partial charge in [-0.25, -0.2) is 4.98 Å². The van der Waals surface area contributed by atoms with Gasteiger partial charge in [-0.3, -0.25) is 9.48 Å². The van der Waals surface area contributed by atoms with Crippen LogP contribution in [0.4, 0.5) is 0 Å². The molecule has 0 saturated heterocycles. The van der Waals surface area contributed by atoms with Crippen LogP contribution >= 0.6 is 0 Å². The molecule has 1 N–H and O–H groups in total. The molecule has 3 rings (SSSR count). The third kappa shape index (κ3) is 3.68. The zero-order chi connectivity index (χ0) is 16.9. The predicted molar refractivity (Wildman–Crippen MR) is 93.6 cm³/mol. The van der Waals surface area contributed by atoms with Gasteiger partial charge in [0.25, 0.3) is 5.91 Å². The van der Waals surface area contributed by atoms with E-state index in [1.165, 1.54) is 11.9 Å². The number of carbonyl (C=O) groups excluding carboxylic acids is 1. The average molecular weight is 320 g/mol. The molecule has 5 heteroatoms. The van der Waals surface area contributed by atoms with E-state index in [0.717, 1.165) is 11.1 Å². The Hall–Kier alpha value is -2.95. The summed E-state index contributed by atoms with van der Waals surface area (Å²) in [5, 5.41) is 7.10. The van der Waals surface area contributed by atoms with Crippen LogP contribution in [0.25, 0.3) is 11.1 Å². The Morgan fingerprint density at radius 3 is 2.79 bits per heavy atom. The molecule has 1 amide bonds. The van der Waals surface area contributed by atoms with Gasteiger partial charge in [-0.15, -0.1) is 0 Å². The maximum Gasteiger partial charge on any atom is 0.252 e. The number of carbonyl (C=O) groups is 1. The Balaban J connectivity index is 1.80. The first-order valence-electron chi connectivity index (χ1n) is 7.93. The van der Waals surface area contributed by atoms with Crippen LogP contribution in [0.1, 0.15) is 22.8 Å². The van der Waals surface area contributed by atoms with Crippen LogP contribution in [0.5, 0.6) is 0 Å². The topological polar surface area (TPSA) is 59.8 Å². The number of hydrogen-bond acceptors (Lipinski definition) is 3. The van der Waals surface area contributed by atoms with E-state index >= 15 is 0 Å². The zero-order valence-electron chi connectivity index (χ0n) is 13.8. The summed E-state index contributed by atoms with van der Waals surface area (Å²) < 4.78 is 1.71. The zero-order valence-corrected chi connectivity index (χ0v) is 13.8. The minimum absolute atomic E-state index is 0.0511. The van der Waals surface area contributed by atoms with Gasteiger partial charge in [0, 0.05) is 11.6 Å². The number of nitrogens with one attached hydrogen (secondary N) is 1. The number of nitrogens with zero attached hydrogens (tertiary/aromatic N) is 3. The van der Waals surface area contributed by atoms with Gasteiger partial charge < -0.3 is 5.32 Å². The van der Waals surface area contributed by atoms with Crippen molar-refractivity contribution in [2.24, 2.45) is 0 Å². The molecule has 0 aliphatic carbocycles. The van der Waals surface area contributed by atoms with Crippen LogP contribution in [-0.2, 0) is 6.54 Å². The molecule has 24 heavy (non-hydrogen) atoms. The van der Waals surface area contributed by atoms with Gasteiger partial charge in [0.2, 0.25) is 0 Å². The molecule has 0 radical (unpaired) electrons. The Morgan fingerprint density at radius 2 is 2.04 bits per heavy atom.